The van der Waals surface area contributed by atoms with Gasteiger partial charge in [0.2, 0.25) is 10.0 Å². The molecule has 0 aliphatic carbocycles. The molecule has 0 spiro atoms. The topological polar surface area (TPSA) is 66.4 Å². The summed E-state index contributed by atoms with van der Waals surface area (Å²) in [5.41, 5.74) is 0.541. The lowest BCUT2D eigenvalue weighted by atomic mass is 10.2. The van der Waals surface area contributed by atoms with Gasteiger partial charge in [0.05, 0.1) is 12.1 Å². The fourth-order valence-electron chi connectivity index (χ4n) is 3.29. The lowest BCUT2D eigenvalue weighted by Crippen LogP contribution is -2.35. The average Bonchev–Trinajstić information content (AvgIpc) is 3.04. The SMILES string of the molecule is O=S(=O)(c1cccc2cccnc12)N1CCCN(Cc2nccs2)CC1. The Balaban J connectivity index is 1.56. The van der Waals surface area contributed by atoms with Gasteiger partial charge in [-0.25, -0.2) is 13.4 Å². The van der Waals surface area contributed by atoms with Crippen LogP contribution in [0.1, 0.15) is 11.4 Å². The van der Waals surface area contributed by atoms with Gasteiger partial charge >= 0.3 is 0 Å². The Labute approximate surface area is 157 Å². The normalized spacial score (nSPS) is 17.4. The lowest BCUT2D eigenvalue weighted by Gasteiger charge is -2.21. The fraction of sp³-hybridized carbons (Fsp3) is 0.333. The van der Waals surface area contributed by atoms with Crippen molar-refractivity contribution in [3.8, 4) is 0 Å². The number of fused-ring (bicyclic) bond motifs is 1. The zero-order valence-electron chi connectivity index (χ0n) is 14.3. The molecule has 4 rings (SSSR count). The molecule has 1 aliphatic rings. The minimum absolute atomic E-state index is 0.295. The molecule has 0 saturated carbocycles. The van der Waals surface area contributed by atoms with Crippen molar-refractivity contribution in [2.75, 3.05) is 26.2 Å². The van der Waals surface area contributed by atoms with Crippen LogP contribution >= 0.6 is 11.3 Å². The van der Waals surface area contributed by atoms with Gasteiger partial charge in [-0.05, 0) is 25.1 Å². The van der Waals surface area contributed by atoms with Crippen LogP contribution in [-0.2, 0) is 16.6 Å². The number of para-hydroxylation sites is 1. The van der Waals surface area contributed by atoms with E-state index in [0.717, 1.165) is 29.9 Å². The van der Waals surface area contributed by atoms with Crippen LogP contribution in [0.3, 0.4) is 0 Å². The number of thiazole rings is 1. The molecule has 0 radical (unpaired) electrons. The number of pyridine rings is 1. The molecule has 1 fully saturated rings. The number of hydrogen-bond donors (Lipinski definition) is 0. The van der Waals surface area contributed by atoms with Crippen LogP contribution in [0.4, 0.5) is 0 Å². The summed E-state index contributed by atoms with van der Waals surface area (Å²) in [6, 6.07) is 9.03. The fourth-order valence-corrected chi connectivity index (χ4v) is 5.58. The van der Waals surface area contributed by atoms with E-state index in [1.807, 2.05) is 29.8 Å². The molecule has 1 saturated heterocycles. The number of aromatic nitrogens is 2. The second-order valence-electron chi connectivity index (χ2n) is 6.29. The van der Waals surface area contributed by atoms with E-state index in [9.17, 15) is 8.42 Å². The van der Waals surface area contributed by atoms with Gasteiger partial charge in [0.15, 0.2) is 0 Å². The summed E-state index contributed by atoms with van der Waals surface area (Å²) in [4.78, 5) is 11.2. The van der Waals surface area contributed by atoms with E-state index in [1.165, 1.54) is 0 Å². The monoisotopic (exact) mass is 388 g/mol. The van der Waals surface area contributed by atoms with Crippen molar-refractivity contribution in [3.05, 3.63) is 53.1 Å². The molecule has 6 nitrogen and oxygen atoms in total. The Morgan fingerprint density at radius 3 is 2.73 bits per heavy atom. The highest BCUT2D eigenvalue weighted by atomic mass is 32.2. The summed E-state index contributed by atoms with van der Waals surface area (Å²) in [5, 5.41) is 3.88. The molecule has 0 N–H and O–H groups in total. The van der Waals surface area contributed by atoms with E-state index >= 15 is 0 Å². The molecular formula is C18H20N4O2S2. The van der Waals surface area contributed by atoms with Crippen LogP contribution < -0.4 is 0 Å². The summed E-state index contributed by atoms with van der Waals surface area (Å²) >= 11 is 1.64. The maximum absolute atomic E-state index is 13.2. The molecule has 1 aromatic carbocycles. The number of hydrogen-bond acceptors (Lipinski definition) is 6. The van der Waals surface area contributed by atoms with Gasteiger partial charge < -0.3 is 0 Å². The zero-order chi connectivity index (χ0) is 18.0. The molecule has 136 valence electrons. The van der Waals surface area contributed by atoms with Gasteiger partial charge in [0, 0.05) is 42.8 Å². The molecule has 3 heterocycles. The van der Waals surface area contributed by atoms with Crippen molar-refractivity contribution in [1.29, 1.82) is 0 Å². The Morgan fingerprint density at radius 2 is 1.88 bits per heavy atom. The number of sulfonamides is 1. The molecule has 8 heteroatoms. The summed E-state index contributed by atoms with van der Waals surface area (Å²) in [6.45, 7) is 3.37. The molecule has 2 aromatic heterocycles. The van der Waals surface area contributed by atoms with E-state index < -0.39 is 10.0 Å². The first-order valence-corrected chi connectivity index (χ1v) is 10.9. The van der Waals surface area contributed by atoms with Crippen molar-refractivity contribution in [2.45, 2.75) is 17.9 Å². The average molecular weight is 389 g/mol. The lowest BCUT2D eigenvalue weighted by molar-refractivity contribution is 0.278. The van der Waals surface area contributed by atoms with E-state index in [-0.39, 0.29) is 0 Å². The van der Waals surface area contributed by atoms with Crippen molar-refractivity contribution in [3.63, 3.8) is 0 Å². The number of nitrogens with zero attached hydrogens (tertiary/aromatic N) is 4. The second-order valence-corrected chi connectivity index (χ2v) is 9.18. The molecule has 3 aromatic rings. The van der Waals surface area contributed by atoms with Gasteiger partial charge in [0.1, 0.15) is 9.90 Å². The summed E-state index contributed by atoms with van der Waals surface area (Å²) in [5.74, 6) is 0. The zero-order valence-corrected chi connectivity index (χ0v) is 15.9. The van der Waals surface area contributed by atoms with E-state index in [1.54, 1.807) is 34.0 Å². The van der Waals surface area contributed by atoms with Crippen molar-refractivity contribution in [1.82, 2.24) is 19.2 Å². The van der Waals surface area contributed by atoms with E-state index in [2.05, 4.69) is 14.9 Å². The molecule has 0 bridgehead atoms. The van der Waals surface area contributed by atoms with Crippen molar-refractivity contribution >= 4 is 32.3 Å². The molecule has 0 amide bonds. The minimum Gasteiger partial charge on any atom is -0.295 e. The highest BCUT2D eigenvalue weighted by Crippen LogP contribution is 2.25. The van der Waals surface area contributed by atoms with Crippen LogP contribution in [-0.4, -0.2) is 53.8 Å². The molecule has 1 aliphatic heterocycles. The van der Waals surface area contributed by atoms with Crippen molar-refractivity contribution in [2.24, 2.45) is 0 Å². The largest absolute Gasteiger partial charge is 0.295 e. The summed E-state index contributed by atoms with van der Waals surface area (Å²) < 4.78 is 28.1. The van der Waals surface area contributed by atoms with Crippen LogP contribution in [0.2, 0.25) is 0 Å². The first-order chi connectivity index (χ1) is 12.6. The molecule has 0 unspecified atom stereocenters. The standard InChI is InChI=1S/C18H20N4O2S2/c23-26(24,16-6-1-4-15-5-2-7-20-18(15)16)22-10-3-9-21(11-12-22)14-17-19-8-13-25-17/h1-2,4-8,13H,3,9-12,14H2. The van der Waals surface area contributed by atoms with Gasteiger partial charge in [0.25, 0.3) is 0 Å². The summed E-state index contributed by atoms with van der Waals surface area (Å²) in [7, 11) is -3.57. The molecule has 26 heavy (non-hydrogen) atoms. The van der Waals surface area contributed by atoms with E-state index in [0.29, 0.717) is 30.0 Å². The highest BCUT2D eigenvalue weighted by molar-refractivity contribution is 7.89. The van der Waals surface area contributed by atoms with Crippen LogP contribution in [0, 0.1) is 0 Å². The molecular weight excluding hydrogens is 368 g/mol. The maximum atomic E-state index is 13.2. The van der Waals surface area contributed by atoms with Gasteiger partial charge in [-0.2, -0.15) is 4.31 Å². The second kappa shape index (κ2) is 7.40. The first-order valence-electron chi connectivity index (χ1n) is 8.59. The Bertz CT molecular complexity index is 984. The predicted octanol–water partition coefficient (Wildman–Crippen LogP) is 2.59. The van der Waals surface area contributed by atoms with Gasteiger partial charge in [-0.1, -0.05) is 18.2 Å². The minimum atomic E-state index is -3.57. The predicted molar refractivity (Wildman–Crippen MR) is 103 cm³/mol. The Hall–Kier alpha value is -1.87. The van der Waals surface area contributed by atoms with Crippen LogP contribution in [0.25, 0.3) is 10.9 Å². The third-order valence-corrected chi connectivity index (χ3v) is 7.30. The highest BCUT2D eigenvalue weighted by Gasteiger charge is 2.28. The third-order valence-electron chi connectivity index (χ3n) is 4.60. The Morgan fingerprint density at radius 1 is 1.00 bits per heavy atom. The van der Waals surface area contributed by atoms with Crippen LogP contribution in [0.5, 0.6) is 0 Å². The maximum Gasteiger partial charge on any atom is 0.245 e. The smallest absolute Gasteiger partial charge is 0.245 e. The van der Waals surface area contributed by atoms with E-state index in [4.69, 9.17) is 0 Å². The first kappa shape index (κ1) is 17.5. The number of benzene rings is 1. The quantitative estimate of drug-likeness (QED) is 0.687. The Kier molecular flexibility index (Phi) is 4.99. The third kappa shape index (κ3) is 3.50. The van der Waals surface area contributed by atoms with Gasteiger partial charge in [-0.15, -0.1) is 11.3 Å². The van der Waals surface area contributed by atoms with Crippen molar-refractivity contribution < 1.29 is 8.42 Å². The van der Waals surface area contributed by atoms with Crippen LogP contribution in [0.15, 0.2) is 53.0 Å². The molecule has 0 atom stereocenters. The van der Waals surface area contributed by atoms with Gasteiger partial charge in [-0.3, -0.25) is 9.88 Å². The number of rotatable bonds is 4. The summed E-state index contributed by atoms with van der Waals surface area (Å²) in [6.07, 6.45) is 4.25.